The molecule has 2 heterocycles. The van der Waals surface area contributed by atoms with E-state index >= 15 is 0 Å². The molecule has 2 aromatic rings. The lowest BCUT2D eigenvalue weighted by atomic mass is 10.2. The van der Waals surface area contributed by atoms with E-state index in [1.807, 2.05) is 0 Å². The molecule has 0 atom stereocenters. The van der Waals surface area contributed by atoms with Crippen LogP contribution in [0.4, 0.5) is 0 Å². The quantitative estimate of drug-likeness (QED) is 0.836. The van der Waals surface area contributed by atoms with Crippen LogP contribution >= 0.6 is 0 Å². The van der Waals surface area contributed by atoms with E-state index in [-0.39, 0.29) is 11.7 Å². The monoisotopic (exact) mass is 220 g/mol. The summed E-state index contributed by atoms with van der Waals surface area (Å²) in [4.78, 5) is 20.4. The van der Waals surface area contributed by atoms with E-state index in [9.17, 15) is 4.79 Å². The third kappa shape index (κ3) is 1.95. The van der Waals surface area contributed by atoms with E-state index < -0.39 is 0 Å². The molecule has 0 fully saturated rings. The van der Waals surface area contributed by atoms with Crippen LogP contribution in [0.15, 0.2) is 23.1 Å². The molecule has 6 nitrogen and oxygen atoms in total. The highest BCUT2D eigenvalue weighted by Crippen LogP contribution is 2.10. The molecule has 0 aliphatic carbocycles. The normalized spacial score (nSPS) is 10.4. The Balaban J connectivity index is 2.08. The van der Waals surface area contributed by atoms with Gasteiger partial charge in [-0.25, -0.2) is 4.98 Å². The first kappa shape index (κ1) is 10.4. The van der Waals surface area contributed by atoms with Crippen LogP contribution in [0.25, 0.3) is 0 Å². The van der Waals surface area contributed by atoms with Crippen molar-refractivity contribution in [2.45, 2.75) is 13.5 Å². The molecule has 1 N–H and O–H groups in total. The third-order valence-corrected chi connectivity index (χ3v) is 2.23. The van der Waals surface area contributed by atoms with Crippen molar-refractivity contribution < 1.29 is 9.32 Å². The first-order valence-electron chi connectivity index (χ1n) is 4.83. The van der Waals surface area contributed by atoms with E-state index in [0.29, 0.717) is 6.54 Å². The van der Waals surface area contributed by atoms with Gasteiger partial charge in [-0.15, -0.1) is 0 Å². The molecule has 0 aromatic carbocycles. The van der Waals surface area contributed by atoms with Crippen LogP contribution in [-0.2, 0) is 6.54 Å². The summed E-state index contributed by atoms with van der Waals surface area (Å²) in [6, 6.07) is 0. The molecule has 0 aliphatic heterocycles. The predicted octanol–water partition coefficient (Wildman–Crippen LogP) is 0.978. The summed E-state index contributed by atoms with van der Waals surface area (Å²) in [5.41, 5.74) is 0.733. The average Bonchev–Trinajstić information content (AvgIpc) is 2.88. The summed E-state index contributed by atoms with van der Waals surface area (Å²) in [5.74, 6) is 0.800. The Bertz CT molecular complexity index is 475. The minimum Gasteiger partial charge on any atom is -0.351 e. The number of nitrogens with zero attached hydrogens (tertiary/aromatic N) is 3. The van der Waals surface area contributed by atoms with E-state index in [1.54, 1.807) is 26.4 Å². The topological polar surface area (TPSA) is 75.0 Å². The lowest BCUT2D eigenvalue weighted by Crippen LogP contribution is -2.26. The van der Waals surface area contributed by atoms with Gasteiger partial charge in [-0.1, -0.05) is 5.16 Å². The van der Waals surface area contributed by atoms with Crippen molar-refractivity contribution in [3.05, 3.63) is 35.7 Å². The molecule has 1 amide bonds. The second kappa shape index (κ2) is 4.18. The Labute approximate surface area is 92.3 Å². The van der Waals surface area contributed by atoms with Crippen LogP contribution < -0.4 is 0 Å². The fourth-order valence-corrected chi connectivity index (χ4v) is 1.35. The van der Waals surface area contributed by atoms with Gasteiger partial charge in [0.05, 0.1) is 12.7 Å². The van der Waals surface area contributed by atoms with Gasteiger partial charge >= 0.3 is 0 Å². The third-order valence-electron chi connectivity index (χ3n) is 2.23. The van der Waals surface area contributed by atoms with Gasteiger partial charge < -0.3 is 14.4 Å². The smallest absolute Gasteiger partial charge is 0.292 e. The summed E-state index contributed by atoms with van der Waals surface area (Å²) < 4.78 is 4.89. The van der Waals surface area contributed by atoms with Gasteiger partial charge in [-0.3, -0.25) is 4.79 Å². The number of aromatic nitrogens is 3. The van der Waals surface area contributed by atoms with Crippen LogP contribution in [0.1, 0.15) is 21.9 Å². The molecular formula is C10H12N4O2. The Morgan fingerprint density at radius 1 is 1.62 bits per heavy atom. The van der Waals surface area contributed by atoms with Crippen LogP contribution in [0.3, 0.4) is 0 Å². The van der Waals surface area contributed by atoms with Crippen LogP contribution in [0.2, 0.25) is 0 Å². The fraction of sp³-hybridized carbons (Fsp3) is 0.300. The van der Waals surface area contributed by atoms with Gasteiger partial charge in [0.1, 0.15) is 5.82 Å². The summed E-state index contributed by atoms with van der Waals surface area (Å²) >= 11 is 0. The number of aryl methyl sites for hydroxylation is 1. The van der Waals surface area contributed by atoms with Gasteiger partial charge in [0.15, 0.2) is 0 Å². The van der Waals surface area contributed by atoms with Crippen LogP contribution in [0.5, 0.6) is 0 Å². The minimum atomic E-state index is -0.202. The molecule has 6 heteroatoms. The molecule has 0 saturated carbocycles. The summed E-state index contributed by atoms with van der Waals surface area (Å²) in [6.07, 6.45) is 4.88. The SMILES string of the molecule is Cc1cnoc1C(=O)N(C)Cc1ncc[nH]1. The number of amides is 1. The second-order valence-electron chi connectivity index (χ2n) is 3.54. The zero-order valence-corrected chi connectivity index (χ0v) is 9.10. The Kier molecular flexibility index (Phi) is 2.72. The van der Waals surface area contributed by atoms with Gasteiger partial charge in [-0.05, 0) is 6.92 Å². The van der Waals surface area contributed by atoms with Crippen molar-refractivity contribution >= 4 is 5.91 Å². The molecule has 0 spiro atoms. The van der Waals surface area contributed by atoms with E-state index in [2.05, 4.69) is 15.1 Å². The standard InChI is InChI=1S/C10H12N4O2/c1-7-5-13-16-9(7)10(15)14(2)6-8-11-3-4-12-8/h3-5H,6H2,1-2H3,(H,11,12). The number of H-pyrrole nitrogens is 1. The average molecular weight is 220 g/mol. The fourth-order valence-electron chi connectivity index (χ4n) is 1.35. The number of hydrogen-bond donors (Lipinski definition) is 1. The van der Waals surface area contributed by atoms with Gasteiger partial charge in [0, 0.05) is 25.0 Å². The first-order valence-corrected chi connectivity index (χ1v) is 4.83. The largest absolute Gasteiger partial charge is 0.351 e. The number of rotatable bonds is 3. The Hall–Kier alpha value is -2.11. The lowest BCUT2D eigenvalue weighted by molar-refractivity contribution is 0.0739. The van der Waals surface area contributed by atoms with E-state index in [1.165, 1.54) is 11.1 Å². The number of carbonyl (C=O) groups is 1. The molecule has 2 rings (SSSR count). The lowest BCUT2D eigenvalue weighted by Gasteiger charge is -2.13. The highest BCUT2D eigenvalue weighted by Gasteiger charge is 2.19. The summed E-state index contributed by atoms with van der Waals surface area (Å²) in [6.45, 7) is 2.19. The molecule has 84 valence electrons. The zero-order chi connectivity index (χ0) is 11.5. The number of imidazole rings is 1. The van der Waals surface area contributed by atoms with Crippen molar-refractivity contribution in [3.8, 4) is 0 Å². The molecule has 0 radical (unpaired) electrons. The van der Waals surface area contributed by atoms with Crippen LogP contribution in [0, 0.1) is 6.92 Å². The molecule has 0 bridgehead atoms. The highest BCUT2D eigenvalue weighted by atomic mass is 16.5. The molecule has 0 saturated heterocycles. The maximum absolute atomic E-state index is 11.9. The molecule has 0 aliphatic rings. The number of carbonyl (C=O) groups excluding carboxylic acids is 1. The van der Waals surface area contributed by atoms with E-state index in [0.717, 1.165) is 11.4 Å². The van der Waals surface area contributed by atoms with Crippen molar-refractivity contribution in [2.75, 3.05) is 7.05 Å². The maximum atomic E-state index is 11.9. The number of aromatic amines is 1. The maximum Gasteiger partial charge on any atom is 0.292 e. The molecular weight excluding hydrogens is 208 g/mol. The van der Waals surface area contributed by atoms with Crippen molar-refractivity contribution in [3.63, 3.8) is 0 Å². The van der Waals surface area contributed by atoms with Gasteiger partial charge in [-0.2, -0.15) is 0 Å². The summed E-state index contributed by atoms with van der Waals surface area (Å²) in [5, 5.41) is 3.58. The predicted molar refractivity (Wildman–Crippen MR) is 55.6 cm³/mol. The van der Waals surface area contributed by atoms with Crippen LogP contribution in [-0.4, -0.2) is 33.0 Å². The molecule has 0 unspecified atom stereocenters. The van der Waals surface area contributed by atoms with Gasteiger partial charge in [0.25, 0.3) is 5.91 Å². The second-order valence-corrected chi connectivity index (χ2v) is 3.54. The van der Waals surface area contributed by atoms with Crippen molar-refractivity contribution in [2.24, 2.45) is 0 Å². The van der Waals surface area contributed by atoms with Crippen molar-refractivity contribution in [1.82, 2.24) is 20.0 Å². The highest BCUT2D eigenvalue weighted by molar-refractivity contribution is 5.92. The molecule has 16 heavy (non-hydrogen) atoms. The Morgan fingerprint density at radius 3 is 3.00 bits per heavy atom. The van der Waals surface area contributed by atoms with Gasteiger partial charge in [0.2, 0.25) is 5.76 Å². The number of nitrogens with one attached hydrogen (secondary N) is 1. The number of hydrogen-bond acceptors (Lipinski definition) is 4. The minimum absolute atomic E-state index is 0.202. The Morgan fingerprint density at radius 2 is 2.44 bits per heavy atom. The zero-order valence-electron chi connectivity index (χ0n) is 9.10. The van der Waals surface area contributed by atoms with Crippen molar-refractivity contribution in [1.29, 1.82) is 0 Å². The first-order chi connectivity index (χ1) is 7.68. The molecule has 2 aromatic heterocycles. The summed E-state index contributed by atoms with van der Waals surface area (Å²) in [7, 11) is 1.69. The van der Waals surface area contributed by atoms with E-state index in [4.69, 9.17) is 4.52 Å².